The van der Waals surface area contributed by atoms with Gasteiger partial charge in [-0.05, 0) is 24.1 Å². The first-order valence-corrected chi connectivity index (χ1v) is 12.4. The fourth-order valence-corrected chi connectivity index (χ4v) is 5.99. The lowest BCUT2D eigenvalue weighted by molar-refractivity contribution is -0.150. The quantitative estimate of drug-likeness (QED) is 0.203. The van der Waals surface area contributed by atoms with Gasteiger partial charge in [0.15, 0.2) is 5.13 Å². The lowest BCUT2D eigenvalue weighted by Crippen LogP contribution is -2.71. The maximum atomic E-state index is 13.0. The molecule has 14 nitrogen and oxygen atoms in total. The number of carboxylic acid groups (broad SMARTS) is 1. The average Bonchev–Trinajstić information content (AvgIpc) is 3.47. The minimum absolute atomic E-state index is 0.0328. The van der Waals surface area contributed by atoms with Crippen molar-refractivity contribution in [1.82, 2.24) is 34.9 Å². The summed E-state index contributed by atoms with van der Waals surface area (Å²) in [5.41, 5.74) is 9.97. The highest BCUT2D eigenvalue weighted by atomic mass is 32.2. The SMILES string of the molecule is CO/N=C(\C(=O)N[C@@H]1C(=O)N2C(C(=O)O)=C(CN3C=CN4NC=CC(C)=C34)CS[C@@H]12)c1nsc(N)n1. The average molecular weight is 532 g/mol. The van der Waals surface area contributed by atoms with Crippen molar-refractivity contribution in [3.05, 3.63) is 53.2 Å². The number of hydrazine groups is 1. The number of carbonyl (C=O) groups excluding carboxylic acids is 2. The predicted octanol–water partition coefficient (Wildman–Crippen LogP) is -0.438. The van der Waals surface area contributed by atoms with Gasteiger partial charge in [-0.15, -0.1) is 11.8 Å². The molecule has 0 aromatic carbocycles. The van der Waals surface area contributed by atoms with E-state index >= 15 is 0 Å². The Morgan fingerprint density at radius 2 is 2.22 bits per heavy atom. The molecule has 188 valence electrons. The van der Waals surface area contributed by atoms with Gasteiger partial charge in [-0.3, -0.25) is 14.5 Å². The molecule has 5 heterocycles. The van der Waals surface area contributed by atoms with Crippen LogP contribution in [-0.4, -0.2) is 83.6 Å². The number of rotatable bonds is 7. The predicted molar refractivity (Wildman–Crippen MR) is 130 cm³/mol. The minimum atomic E-state index is -1.20. The van der Waals surface area contributed by atoms with Crippen molar-refractivity contribution in [3.63, 3.8) is 0 Å². The van der Waals surface area contributed by atoms with E-state index in [-0.39, 0.29) is 22.4 Å². The second-order valence-corrected chi connectivity index (χ2v) is 9.85. The first kappa shape index (κ1) is 23.7. The van der Waals surface area contributed by atoms with Crippen molar-refractivity contribution in [3.8, 4) is 0 Å². The zero-order chi connectivity index (χ0) is 25.6. The molecule has 1 saturated heterocycles. The van der Waals surface area contributed by atoms with E-state index in [1.165, 1.54) is 23.8 Å². The molecular weight excluding hydrogens is 510 g/mol. The zero-order valence-corrected chi connectivity index (χ0v) is 20.7. The summed E-state index contributed by atoms with van der Waals surface area (Å²) in [6, 6.07) is -0.948. The highest BCUT2D eigenvalue weighted by Crippen LogP contribution is 2.41. The van der Waals surface area contributed by atoms with Gasteiger partial charge in [0.05, 0.1) is 0 Å². The van der Waals surface area contributed by atoms with Crippen LogP contribution < -0.4 is 16.5 Å². The number of nitrogen functional groups attached to an aromatic ring is 1. The number of aromatic nitrogens is 2. The number of oxime groups is 1. The van der Waals surface area contributed by atoms with E-state index in [4.69, 9.17) is 10.6 Å². The summed E-state index contributed by atoms with van der Waals surface area (Å²) >= 11 is 2.26. The summed E-state index contributed by atoms with van der Waals surface area (Å²) in [4.78, 5) is 49.9. The summed E-state index contributed by atoms with van der Waals surface area (Å²) in [5, 5.41) is 17.6. The van der Waals surface area contributed by atoms with Crippen LogP contribution >= 0.6 is 23.3 Å². The number of thioether (sulfide) groups is 1. The highest BCUT2D eigenvalue weighted by Gasteiger charge is 2.54. The Bertz CT molecular complexity index is 1300. The van der Waals surface area contributed by atoms with Gasteiger partial charge in [-0.25, -0.2) is 9.80 Å². The number of allylic oxidation sites excluding steroid dienone is 2. The Morgan fingerprint density at radius 1 is 1.42 bits per heavy atom. The van der Waals surface area contributed by atoms with Crippen LogP contribution in [0.2, 0.25) is 0 Å². The number of hydrogen-bond acceptors (Lipinski definition) is 13. The molecule has 0 radical (unpaired) electrons. The third-order valence-electron chi connectivity index (χ3n) is 5.74. The van der Waals surface area contributed by atoms with Crippen molar-refractivity contribution in [1.29, 1.82) is 0 Å². The maximum absolute atomic E-state index is 13.0. The molecule has 1 aromatic rings. The Morgan fingerprint density at radius 3 is 2.92 bits per heavy atom. The third-order valence-corrected chi connectivity index (χ3v) is 7.63. The van der Waals surface area contributed by atoms with Gasteiger partial charge in [0.1, 0.15) is 30.0 Å². The number of hydrogen-bond donors (Lipinski definition) is 4. The van der Waals surface area contributed by atoms with Crippen molar-refractivity contribution in [2.45, 2.75) is 18.3 Å². The standard InChI is InChI=1S/C20H21N9O5S2/c1-9-3-4-22-28-6-5-27(16(9)28)7-10-8-35-18-12(17(31)29(18)13(10)19(32)33)23-15(30)11(25-34-2)14-24-20(21)36-26-14/h3-6,12,18,22H,7-8H2,1-2H3,(H,23,30)(H,32,33)(H2,21,24,26)/b25-11-/t12-,18+/m1/s1. The lowest BCUT2D eigenvalue weighted by Gasteiger charge is -2.49. The topological polar surface area (TPSA) is 179 Å². The molecule has 2 atom stereocenters. The molecule has 0 spiro atoms. The number of carboxylic acids is 1. The Kier molecular flexibility index (Phi) is 6.05. The zero-order valence-electron chi connectivity index (χ0n) is 19.0. The van der Waals surface area contributed by atoms with Crippen LogP contribution in [0.1, 0.15) is 12.7 Å². The van der Waals surface area contributed by atoms with Crippen LogP contribution in [0, 0.1) is 0 Å². The summed E-state index contributed by atoms with van der Waals surface area (Å²) in [6.07, 6.45) is 7.42. The number of anilines is 1. The van der Waals surface area contributed by atoms with E-state index in [9.17, 15) is 19.5 Å². The Hall–Kier alpha value is -4.05. The molecule has 2 amide bonds. The van der Waals surface area contributed by atoms with Crippen LogP contribution in [0.15, 0.2) is 52.5 Å². The monoisotopic (exact) mass is 531 g/mol. The van der Waals surface area contributed by atoms with Crippen LogP contribution in [0.3, 0.4) is 0 Å². The van der Waals surface area contributed by atoms with E-state index < -0.39 is 29.2 Å². The highest BCUT2D eigenvalue weighted by molar-refractivity contribution is 8.00. The van der Waals surface area contributed by atoms with E-state index in [1.807, 2.05) is 41.5 Å². The number of nitrogens with zero attached hydrogens (tertiary/aromatic N) is 6. The first-order chi connectivity index (χ1) is 17.3. The third kappa shape index (κ3) is 3.93. The fraction of sp³-hybridized carbons (Fsp3) is 0.300. The van der Waals surface area contributed by atoms with Crippen LogP contribution in [0.25, 0.3) is 0 Å². The molecule has 0 saturated carbocycles. The Labute approximate surface area is 212 Å². The molecular formula is C20H21N9O5S2. The van der Waals surface area contributed by atoms with E-state index in [2.05, 4.69) is 25.3 Å². The van der Waals surface area contributed by atoms with Gasteiger partial charge in [0.25, 0.3) is 11.8 Å². The van der Waals surface area contributed by atoms with Crippen LogP contribution in [-0.2, 0) is 19.2 Å². The Balaban J connectivity index is 1.34. The van der Waals surface area contributed by atoms with E-state index in [0.29, 0.717) is 17.9 Å². The van der Waals surface area contributed by atoms with Crippen molar-refractivity contribution in [2.75, 3.05) is 25.1 Å². The molecule has 4 aliphatic rings. The van der Waals surface area contributed by atoms with Gasteiger partial charge in [-0.1, -0.05) is 5.16 Å². The van der Waals surface area contributed by atoms with Gasteiger partial charge in [-0.2, -0.15) is 9.36 Å². The number of aliphatic carboxylic acids is 1. The number of nitrogens with two attached hydrogens (primary N) is 1. The smallest absolute Gasteiger partial charge is 0.352 e. The largest absolute Gasteiger partial charge is 0.477 e. The fourth-order valence-electron chi connectivity index (χ4n) is 4.22. The van der Waals surface area contributed by atoms with Gasteiger partial charge < -0.3 is 31.3 Å². The molecule has 36 heavy (non-hydrogen) atoms. The maximum Gasteiger partial charge on any atom is 0.352 e. The molecule has 4 aliphatic heterocycles. The molecule has 5 N–H and O–H groups in total. The van der Waals surface area contributed by atoms with Crippen molar-refractivity contribution in [2.24, 2.45) is 5.16 Å². The minimum Gasteiger partial charge on any atom is -0.477 e. The normalized spacial score (nSPS) is 22.9. The summed E-state index contributed by atoms with van der Waals surface area (Å²) in [7, 11) is 1.26. The number of amides is 2. The van der Waals surface area contributed by atoms with E-state index in [1.54, 1.807) is 0 Å². The van der Waals surface area contributed by atoms with Crippen LogP contribution in [0.5, 0.6) is 0 Å². The summed E-state index contributed by atoms with van der Waals surface area (Å²) in [6.45, 7) is 2.25. The van der Waals surface area contributed by atoms with Gasteiger partial charge >= 0.3 is 5.97 Å². The van der Waals surface area contributed by atoms with Gasteiger partial charge in [0, 0.05) is 42.4 Å². The molecule has 1 fully saturated rings. The van der Waals surface area contributed by atoms with Crippen LogP contribution in [0.4, 0.5) is 5.13 Å². The molecule has 1 aromatic heterocycles. The number of β-lactam (4-membered cyclic amide) rings is 1. The summed E-state index contributed by atoms with van der Waals surface area (Å²) in [5.74, 6) is -1.26. The number of fused-ring (bicyclic) bond motifs is 2. The molecule has 0 unspecified atom stereocenters. The second-order valence-electron chi connectivity index (χ2n) is 7.96. The van der Waals surface area contributed by atoms with Crippen molar-refractivity contribution >= 4 is 51.9 Å². The van der Waals surface area contributed by atoms with E-state index in [0.717, 1.165) is 22.9 Å². The number of carbonyl (C=O) groups is 3. The first-order valence-electron chi connectivity index (χ1n) is 10.6. The molecule has 0 aliphatic carbocycles. The summed E-state index contributed by atoms with van der Waals surface area (Å²) < 4.78 is 3.96. The lowest BCUT2D eigenvalue weighted by atomic mass is 10.0. The van der Waals surface area contributed by atoms with Gasteiger partial charge in [0.2, 0.25) is 11.5 Å². The van der Waals surface area contributed by atoms with Crippen molar-refractivity contribution < 1.29 is 24.3 Å². The number of nitrogens with one attached hydrogen (secondary N) is 2. The second kappa shape index (κ2) is 9.19. The molecule has 5 rings (SSSR count). The molecule has 0 bridgehead atoms. The molecule has 16 heteroatoms.